The van der Waals surface area contributed by atoms with Crippen molar-refractivity contribution >= 4 is 0 Å². The fourth-order valence-electron chi connectivity index (χ4n) is 0.250. The molecule has 0 aromatic heterocycles. The Labute approximate surface area is 75.4 Å². The first-order chi connectivity index (χ1) is 5.00. The third-order valence-corrected chi connectivity index (χ3v) is 1.000. The van der Waals surface area contributed by atoms with Crippen molar-refractivity contribution in [2.45, 2.75) is 74.7 Å². The molecule has 0 spiro atoms. The van der Waals surface area contributed by atoms with Crippen LogP contribution in [0, 0.1) is 0 Å². The van der Waals surface area contributed by atoms with Crippen LogP contribution in [0.3, 0.4) is 0 Å². The molecule has 1 rings (SSSR count). The average Bonchev–Trinajstić information content (AvgIpc) is 1.96. The van der Waals surface area contributed by atoms with Crippen molar-refractivity contribution in [1.29, 1.82) is 0 Å². The average molecular weight is 162 g/mol. The first-order valence-electron chi connectivity index (χ1n) is 5.00. The summed E-state index contributed by atoms with van der Waals surface area (Å²) in [7, 11) is 0. The summed E-state index contributed by atoms with van der Waals surface area (Å²) in [4.78, 5) is 0. The van der Waals surface area contributed by atoms with Gasteiger partial charge in [-0.15, -0.1) is 0 Å². The molecule has 1 aliphatic rings. The largest absolute Gasteiger partial charge is 0.0776 e. The van der Waals surface area contributed by atoms with E-state index in [0.717, 1.165) is 0 Å². The summed E-state index contributed by atoms with van der Waals surface area (Å²) in [5.74, 6) is 0. The van der Waals surface area contributed by atoms with Crippen molar-refractivity contribution in [1.82, 2.24) is 0 Å². The summed E-state index contributed by atoms with van der Waals surface area (Å²) in [5.41, 5.74) is 0. The second-order valence-corrected chi connectivity index (χ2v) is 1.41. The van der Waals surface area contributed by atoms with Gasteiger partial charge < -0.3 is 0 Å². The molecule has 1 saturated carbocycles. The smallest absolute Gasteiger partial charge is 0.0533 e. The van der Waals surface area contributed by atoms with Crippen LogP contribution in [0.2, 0.25) is 0 Å². The minimum atomic E-state index is 0. The Morgan fingerprint density at radius 2 is 0.545 bits per heavy atom. The molecule has 0 amide bonds. The molecule has 0 N–H and O–H groups in total. The van der Waals surface area contributed by atoms with E-state index in [9.17, 15) is 0 Å². The quantitative estimate of drug-likeness (QED) is 0.455. The van der Waals surface area contributed by atoms with Crippen LogP contribution in [0.5, 0.6) is 0 Å². The monoisotopic (exact) mass is 162 g/mol. The van der Waals surface area contributed by atoms with E-state index in [1.165, 1.54) is 25.7 Å². The van der Waals surface area contributed by atoms with E-state index >= 15 is 0 Å². The van der Waals surface area contributed by atoms with Crippen molar-refractivity contribution in [2.24, 2.45) is 0 Å². The maximum Gasteiger partial charge on any atom is -0.0533 e. The van der Waals surface area contributed by atoms with Crippen LogP contribution in [-0.2, 0) is 0 Å². The molecule has 0 atom stereocenters. The zero-order valence-corrected chi connectivity index (χ0v) is 8.83. The van der Waals surface area contributed by atoms with E-state index in [-0.39, 0.29) is 7.43 Å². The van der Waals surface area contributed by atoms with Gasteiger partial charge in [0.1, 0.15) is 0 Å². The topological polar surface area (TPSA) is 0 Å². The summed E-state index contributed by atoms with van der Waals surface area (Å²) < 4.78 is 0. The van der Waals surface area contributed by atoms with Gasteiger partial charge in [-0.2, -0.15) is 0 Å². The highest BCUT2D eigenvalue weighted by molar-refractivity contribution is 4.50. The summed E-state index contributed by atoms with van der Waals surface area (Å²) in [6.45, 7) is 12.0. The second kappa shape index (κ2) is 50.6. The summed E-state index contributed by atoms with van der Waals surface area (Å²) in [6, 6.07) is 0. The maximum atomic E-state index is 2.00. The van der Waals surface area contributed by atoms with E-state index in [1.807, 2.05) is 41.5 Å². The third kappa shape index (κ3) is 40.0. The molecule has 0 nitrogen and oxygen atoms in total. The molecule has 1 fully saturated rings. The summed E-state index contributed by atoms with van der Waals surface area (Å²) in [5, 5.41) is 0. The van der Waals surface area contributed by atoms with Gasteiger partial charge in [0, 0.05) is 0 Å². The SMILES string of the molecule is C.C1CCC1.CC.CC.CC. The lowest BCUT2D eigenvalue weighted by Gasteiger charge is -2.05. The Hall–Kier alpha value is 0. The van der Waals surface area contributed by atoms with Crippen LogP contribution in [0.25, 0.3) is 0 Å². The molecule has 0 heteroatoms. The molecule has 0 heterocycles. The molecule has 0 aliphatic heterocycles. The highest BCUT2D eigenvalue weighted by atomic mass is 14.0. The van der Waals surface area contributed by atoms with Crippen LogP contribution >= 0.6 is 0 Å². The molecule has 0 unspecified atom stereocenters. The normalized spacial score (nSPS) is 10.4. The minimum absolute atomic E-state index is 0. The third-order valence-electron chi connectivity index (χ3n) is 1.000. The van der Waals surface area contributed by atoms with Gasteiger partial charge in [-0.25, -0.2) is 0 Å². The predicted molar refractivity (Wildman–Crippen MR) is 59.2 cm³/mol. The lowest BCUT2D eigenvalue weighted by atomic mass is 10.0. The van der Waals surface area contributed by atoms with Crippen LogP contribution < -0.4 is 0 Å². The maximum absolute atomic E-state index is 2.00. The van der Waals surface area contributed by atoms with Crippen molar-refractivity contribution < 1.29 is 0 Å². The molecule has 11 heavy (non-hydrogen) atoms. The first-order valence-corrected chi connectivity index (χ1v) is 5.00. The zero-order valence-electron chi connectivity index (χ0n) is 8.83. The van der Waals surface area contributed by atoms with Gasteiger partial charge in [0.2, 0.25) is 0 Å². The number of hydrogen-bond acceptors (Lipinski definition) is 0. The zero-order chi connectivity index (χ0) is 8.83. The first kappa shape index (κ1) is 22.4. The van der Waals surface area contributed by atoms with Gasteiger partial charge >= 0.3 is 0 Å². The second-order valence-electron chi connectivity index (χ2n) is 1.41. The molecule has 0 aromatic rings. The van der Waals surface area contributed by atoms with Gasteiger partial charge in [-0.05, 0) is 0 Å². The van der Waals surface area contributed by atoms with Gasteiger partial charge in [0.15, 0.2) is 0 Å². The fraction of sp³-hybridized carbons (Fsp3) is 1.00. The lowest BCUT2D eigenvalue weighted by molar-refractivity contribution is 0.504. The van der Waals surface area contributed by atoms with E-state index in [2.05, 4.69) is 0 Å². The number of rotatable bonds is 0. The van der Waals surface area contributed by atoms with E-state index < -0.39 is 0 Å². The summed E-state index contributed by atoms with van der Waals surface area (Å²) in [6.07, 6.45) is 6.00. The molecule has 0 bridgehead atoms. The van der Waals surface area contributed by atoms with Crippen molar-refractivity contribution in [3.8, 4) is 0 Å². The molecule has 0 saturated heterocycles. The van der Waals surface area contributed by atoms with Crippen LogP contribution in [0.1, 0.15) is 74.7 Å². The Bertz CT molecular complexity index is 8.00. The van der Waals surface area contributed by atoms with E-state index in [4.69, 9.17) is 0 Å². The van der Waals surface area contributed by atoms with Crippen molar-refractivity contribution in [2.75, 3.05) is 0 Å². The molecule has 0 radical (unpaired) electrons. The number of hydrogen-bond donors (Lipinski definition) is 0. The fourth-order valence-corrected chi connectivity index (χ4v) is 0.250. The van der Waals surface area contributed by atoms with Gasteiger partial charge in [0.25, 0.3) is 0 Å². The Balaban J connectivity index is -0.0000000317. The van der Waals surface area contributed by atoms with Gasteiger partial charge in [0.05, 0.1) is 0 Å². The lowest BCUT2D eigenvalue weighted by Crippen LogP contribution is -1.85. The van der Waals surface area contributed by atoms with Crippen LogP contribution in [0.4, 0.5) is 0 Å². The standard InChI is InChI=1S/C4H8.3C2H6.CH4/c1-2-4-3-1;3*1-2;/h1-4H2;3*1-2H3;1H4. The molecule has 74 valence electrons. The van der Waals surface area contributed by atoms with Crippen LogP contribution in [-0.4, -0.2) is 0 Å². The summed E-state index contributed by atoms with van der Waals surface area (Å²) >= 11 is 0. The van der Waals surface area contributed by atoms with Gasteiger partial charge in [-0.3, -0.25) is 0 Å². The Morgan fingerprint density at radius 1 is 0.455 bits per heavy atom. The Kier molecular flexibility index (Phi) is 103. The highest BCUT2D eigenvalue weighted by Crippen LogP contribution is 2.15. The molecular weight excluding hydrogens is 132 g/mol. The Morgan fingerprint density at radius 3 is 0.545 bits per heavy atom. The van der Waals surface area contributed by atoms with Gasteiger partial charge in [-0.1, -0.05) is 74.7 Å². The van der Waals surface area contributed by atoms with E-state index in [1.54, 1.807) is 0 Å². The van der Waals surface area contributed by atoms with Crippen molar-refractivity contribution in [3.63, 3.8) is 0 Å². The molecule has 1 aliphatic carbocycles. The van der Waals surface area contributed by atoms with Crippen LogP contribution in [0.15, 0.2) is 0 Å². The molecule has 0 aromatic carbocycles. The van der Waals surface area contributed by atoms with Crippen molar-refractivity contribution in [3.05, 3.63) is 0 Å². The minimum Gasteiger partial charge on any atom is -0.0776 e. The highest BCUT2D eigenvalue weighted by Gasteiger charge is 1.95. The predicted octanol–water partition coefficient (Wildman–Crippen LogP) is 5.28. The molecular formula is C11H30. The van der Waals surface area contributed by atoms with E-state index in [0.29, 0.717) is 0 Å².